The topological polar surface area (TPSA) is 93.1 Å². The van der Waals surface area contributed by atoms with Crippen molar-refractivity contribution in [3.63, 3.8) is 0 Å². The van der Waals surface area contributed by atoms with E-state index < -0.39 is 39.7 Å². The van der Waals surface area contributed by atoms with Crippen LogP contribution in [0.3, 0.4) is 0 Å². The highest BCUT2D eigenvalue weighted by Crippen LogP contribution is 2.79. The van der Waals surface area contributed by atoms with Crippen LogP contribution < -0.4 is 0 Å². The lowest BCUT2D eigenvalue weighted by molar-refractivity contribution is -0.234. The Hall–Kier alpha value is -3.84. The summed E-state index contributed by atoms with van der Waals surface area (Å²) in [5, 5.41) is 25.8. The smallest absolute Gasteiger partial charge is 0.309 e. The Morgan fingerprint density at radius 1 is 0.852 bits per heavy atom. The Bertz CT molecular complexity index is 1950. The van der Waals surface area contributed by atoms with Crippen LogP contribution in [0, 0.1) is 45.8 Å². The molecule has 6 nitrogen and oxygen atoms in total. The summed E-state index contributed by atoms with van der Waals surface area (Å²) in [6.45, 7) is 12.5. The third-order valence-electron chi connectivity index (χ3n) is 15.6. The van der Waals surface area contributed by atoms with Crippen LogP contribution in [0.25, 0.3) is 0 Å². The molecule has 7 aliphatic rings. The number of hydrogen-bond donors (Lipinski definition) is 2. The summed E-state index contributed by atoms with van der Waals surface area (Å²) in [6, 6.07) is 30.5. The van der Waals surface area contributed by atoms with Crippen molar-refractivity contribution in [2.75, 3.05) is 6.61 Å². The Balaban J connectivity index is 1.13. The average Bonchev–Trinajstić information content (AvgIpc) is 3.54. The second-order valence-corrected chi connectivity index (χ2v) is 19.1. The van der Waals surface area contributed by atoms with Gasteiger partial charge in [0, 0.05) is 29.6 Å². The average molecular weight is 727 g/mol. The predicted octanol–water partition coefficient (Wildman–Crippen LogP) is 8.35. The fourth-order valence-electron chi connectivity index (χ4n) is 12.9. The molecule has 0 radical (unpaired) electrons. The van der Waals surface area contributed by atoms with Crippen molar-refractivity contribution >= 4 is 11.8 Å². The number of hydrogen-bond acceptors (Lipinski definition) is 6. The van der Waals surface area contributed by atoms with E-state index in [9.17, 15) is 19.8 Å². The van der Waals surface area contributed by atoms with E-state index in [4.69, 9.17) is 9.47 Å². The van der Waals surface area contributed by atoms with Gasteiger partial charge in [-0.2, -0.15) is 0 Å². The zero-order chi connectivity index (χ0) is 38.1. The number of carbonyl (C=O) groups is 2. The number of esters is 1. The van der Waals surface area contributed by atoms with Gasteiger partial charge in [-0.3, -0.25) is 9.59 Å². The first kappa shape index (κ1) is 35.8. The van der Waals surface area contributed by atoms with Gasteiger partial charge < -0.3 is 19.7 Å². The summed E-state index contributed by atoms with van der Waals surface area (Å²) < 4.78 is 14.1. The van der Waals surface area contributed by atoms with Gasteiger partial charge in [-0.05, 0) is 77.2 Å². The first-order valence-electron chi connectivity index (χ1n) is 20.0. The Morgan fingerprint density at radius 2 is 1.37 bits per heavy atom. The van der Waals surface area contributed by atoms with E-state index in [0.717, 1.165) is 41.5 Å². The predicted molar refractivity (Wildman–Crippen MR) is 207 cm³/mol. The van der Waals surface area contributed by atoms with Gasteiger partial charge in [0.15, 0.2) is 5.78 Å². The largest absolute Gasteiger partial charge is 0.458 e. The standard InChI is InChI=1S/C48H54O6/c1-30-22-38-45(51,40(30)49)25-33(26-53-48(34-16-10-7-11-17-34,35-18-12-8-13-19-35)36-20-14-9-15-21-36)23-37-39-42(4,5)46(39,24-31(2)47(37,38)52)54-41(50)32(3)44-27-43(6,28-44)29-44/h7-23,31-32,37-39,51-52H,24-29H2,1-6H3/t31-,32-,37+,38-,39-,43?,44?,45-,46+,47-/m1/s1. The number of ether oxygens (including phenoxy) is 2. The molecule has 7 aliphatic carbocycles. The lowest BCUT2D eigenvalue weighted by atomic mass is 9.33. The van der Waals surface area contributed by atoms with Crippen molar-refractivity contribution in [2.45, 2.75) is 96.1 Å². The second-order valence-electron chi connectivity index (χ2n) is 19.1. The molecule has 2 bridgehead atoms. The van der Waals surface area contributed by atoms with Crippen molar-refractivity contribution in [3.8, 4) is 0 Å². The van der Waals surface area contributed by atoms with Crippen LogP contribution >= 0.6 is 0 Å². The molecule has 0 amide bonds. The molecule has 282 valence electrons. The molecule has 5 saturated carbocycles. The third kappa shape index (κ3) is 4.63. The number of benzene rings is 3. The van der Waals surface area contributed by atoms with Crippen molar-refractivity contribution in [1.29, 1.82) is 0 Å². The van der Waals surface area contributed by atoms with Gasteiger partial charge in [0.25, 0.3) is 0 Å². The summed E-state index contributed by atoms with van der Waals surface area (Å²) in [4.78, 5) is 28.1. The number of aliphatic hydroxyl groups is 2. The summed E-state index contributed by atoms with van der Waals surface area (Å²) in [5.41, 5.74) is -1.01. The summed E-state index contributed by atoms with van der Waals surface area (Å²) in [7, 11) is 0. The third-order valence-corrected chi connectivity index (χ3v) is 15.6. The van der Waals surface area contributed by atoms with Gasteiger partial charge in [-0.15, -0.1) is 0 Å². The van der Waals surface area contributed by atoms with E-state index in [0.29, 0.717) is 17.4 Å². The first-order valence-corrected chi connectivity index (χ1v) is 20.0. The van der Waals surface area contributed by atoms with E-state index >= 15 is 0 Å². The SMILES string of the molecule is CC1=C[C@H]2[C@@]3(O)[C@H](C)C[C@]4(OC(=O)[C@@H](C)C56CC(C)(C5)C6)[C@H]([C@@H]3C=C(COC(c3ccccc3)(c3ccccc3)c3ccccc3)C[C@]2(O)C1=O)C4(C)C. The van der Waals surface area contributed by atoms with Gasteiger partial charge in [-0.1, -0.05) is 138 Å². The van der Waals surface area contributed by atoms with Crippen LogP contribution in [-0.2, 0) is 24.7 Å². The molecule has 10 rings (SSSR count). The van der Waals surface area contributed by atoms with Crippen molar-refractivity contribution in [2.24, 2.45) is 45.8 Å². The molecule has 8 atom stereocenters. The molecule has 5 fully saturated rings. The second kappa shape index (κ2) is 11.6. The molecule has 3 aromatic carbocycles. The fourth-order valence-corrected chi connectivity index (χ4v) is 12.9. The molecule has 2 N–H and O–H groups in total. The summed E-state index contributed by atoms with van der Waals surface area (Å²) >= 11 is 0. The van der Waals surface area contributed by atoms with E-state index in [1.165, 1.54) is 0 Å². The Morgan fingerprint density at radius 3 is 1.87 bits per heavy atom. The number of rotatable bonds is 9. The van der Waals surface area contributed by atoms with Gasteiger partial charge in [0.05, 0.1) is 18.1 Å². The minimum Gasteiger partial charge on any atom is -0.458 e. The van der Waals surface area contributed by atoms with Crippen molar-refractivity contribution < 1.29 is 29.3 Å². The minimum absolute atomic E-state index is 0.0303. The van der Waals surface area contributed by atoms with Gasteiger partial charge in [0.2, 0.25) is 0 Å². The van der Waals surface area contributed by atoms with Crippen LogP contribution in [0.5, 0.6) is 0 Å². The Kier molecular flexibility index (Phi) is 7.70. The number of fused-ring (bicyclic) bond motifs is 5. The van der Waals surface area contributed by atoms with E-state index in [-0.39, 0.29) is 47.9 Å². The van der Waals surface area contributed by atoms with Crippen molar-refractivity contribution in [1.82, 2.24) is 0 Å². The lowest BCUT2D eigenvalue weighted by Gasteiger charge is -2.71. The van der Waals surface area contributed by atoms with Gasteiger partial charge in [-0.25, -0.2) is 0 Å². The number of ketones is 1. The first-order chi connectivity index (χ1) is 25.6. The highest BCUT2D eigenvalue weighted by atomic mass is 16.6. The summed E-state index contributed by atoms with van der Waals surface area (Å²) in [6.07, 6.45) is 7.65. The van der Waals surface area contributed by atoms with Crippen LogP contribution in [-0.4, -0.2) is 45.4 Å². The van der Waals surface area contributed by atoms with Crippen LogP contribution in [0.4, 0.5) is 0 Å². The molecule has 0 unspecified atom stereocenters. The van der Waals surface area contributed by atoms with E-state index in [1.54, 1.807) is 6.92 Å². The maximum absolute atomic E-state index is 14.1. The molecule has 6 heteroatoms. The van der Waals surface area contributed by atoms with Gasteiger partial charge in [0.1, 0.15) is 16.8 Å². The molecular weight excluding hydrogens is 673 g/mol. The van der Waals surface area contributed by atoms with Crippen molar-refractivity contribution in [3.05, 3.63) is 131 Å². The van der Waals surface area contributed by atoms with E-state index in [1.807, 2.05) is 74.5 Å². The van der Waals surface area contributed by atoms with Gasteiger partial charge >= 0.3 is 5.97 Å². The molecule has 3 aromatic rings. The minimum atomic E-state index is -1.84. The highest BCUT2D eigenvalue weighted by molar-refractivity contribution is 6.04. The molecule has 0 spiro atoms. The molecule has 0 aromatic heterocycles. The number of carbonyl (C=O) groups excluding carboxylic acids is 2. The maximum Gasteiger partial charge on any atom is 0.309 e. The Labute approximate surface area is 319 Å². The fraction of sp³-hybridized carbons (Fsp3) is 0.500. The highest BCUT2D eigenvalue weighted by Gasteiger charge is 2.83. The van der Waals surface area contributed by atoms with Crippen LogP contribution in [0.1, 0.15) is 90.3 Å². The quantitative estimate of drug-likeness (QED) is 0.131. The molecule has 0 saturated heterocycles. The maximum atomic E-state index is 14.1. The van der Waals surface area contributed by atoms with Crippen LogP contribution in [0.15, 0.2) is 114 Å². The molecule has 54 heavy (non-hydrogen) atoms. The number of Topliss-reactive ketones (excluding diaryl/α,β-unsaturated/α-hetero) is 1. The monoisotopic (exact) mass is 726 g/mol. The van der Waals surface area contributed by atoms with E-state index in [2.05, 4.69) is 63.2 Å². The molecule has 0 heterocycles. The van der Waals surface area contributed by atoms with Crippen LogP contribution in [0.2, 0.25) is 0 Å². The normalized spacial score (nSPS) is 38.9. The lowest BCUT2D eigenvalue weighted by Crippen LogP contribution is -2.64. The zero-order valence-corrected chi connectivity index (χ0v) is 32.5. The summed E-state index contributed by atoms with van der Waals surface area (Å²) in [5.74, 6) is -2.57. The zero-order valence-electron chi connectivity index (χ0n) is 32.5. The molecule has 0 aliphatic heterocycles. The molecular formula is C48H54O6.